The minimum atomic E-state index is -3.63. The Bertz CT molecular complexity index is 1180. The molecule has 0 fully saturated rings. The van der Waals surface area contributed by atoms with Gasteiger partial charge in [-0.1, -0.05) is 41.9 Å². The number of amides is 2. The van der Waals surface area contributed by atoms with E-state index in [9.17, 15) is 13.2 Å². The normalized spacial score (nSPS) is 13.4. The molecule has 0 atom stereocenters. The van der Waals surface area contributed by atoms with E-state index in [4.69, 9.17) is 11.6 Å². The largest absolute Gasteiger partial charge is 0.334 e. The van der Waals surface area contributed by atoms with E-state index in [1.807, 2.05) is 18.2 Å². The van der Waals surface area contributed by atoms with Gasteiger partial charge in [-0.3, -0.25) is 4.31 Å². The van der Waals surface area contributed by atoms with Crippen LogP contribution in [0, 0.1) is 0 Å². The maximum Gasteiger partial charge on any atom is 0.319 e. The predicted molar refractivity (Wildman–Crippen MR) is 123 cm³/mol. The quantitative estimate of drug-likeness (QED) is 0.579. The molecule has 2 N–H and O–H groups in total. The number of nitrogens with one attached hydrogen (secondary N) is 2. The third-order valence-electron chi connectivity index (χ3n) is 5.11. The first-order valence-corrected chi connectivity index (χ1v) is 11.8. The number of hydrogen-bond donors (Lipinski definition) is 2. The number of aryl methyl sites for hydroxylation is 1. The van der Waals surface area contributed by atoms with Gasteiger partial charge in [0.1, 0.15) is 0 Å². The predicted octanol–water partition coefficient (Wildman–Crippen LogP) is 4.80. The van der Waals surface area contributed by atoms with Crippen molar-refractivity contribution in [1.29, 1.82) is 0 Å². The van der Waals surface area contributed by atoms with Crippen molar-refractivity contribution in [3.05, 3.63) is 88.9 Å². The van der Waals surface area contributed by atoms with E-state index in [1.165, 1.54) is 4.31 Å². The fourth-order valence-electron chi connectivity index (χ4n) is 3.57. The van der Waals surface area contributed by atoms with Crippen molar-refractivity contribution < 1.29 is 13.2 Å². The van der Waals surface area contributed by atoms with Crippen LogP contribution in [-0.4, -0.2) is 21.0 Å². The van der Waals surface area contributed by atoms with Crippen LogP contribution in [-0.2, 0) is 23.0 Å². The van der Waals surface area contributed by atoms with Gasteiger partial charge in [0.2, 0.25) is 0 Å². The van der Waals surface area contributed by atoms with Gasteiger partial charge in [-0.05, 0) is 66.4 Å². The summed E-state index contributed by atoms with van der Waals surface area (Å²) in [5.74, 6) is 0. The highest BCUT2D eigenvalue weighted by molar-refractivity contribution is 7.92. The van der Waals surface area contributed by atoms with Crippen molar-refractivity contribution in [2.75, 3.05) is 16.2 Å². The molecule has 0 spiro atoms. The minimum absolute atomic E-state index is 0.270. The summed E-state index contributed by atoms with van der Waals surface area (Å²) >= 11 is 5.87. The smallest absolute Gasteiger partial charge is 0.319 e. The molecule has 1 aliphatic heterocycles. The zero-order valence-electron chi connectivity index (χ0n) is 16.7. The molecule has 0 aliphatic carbocycles. The van der Waals surface area contributed by atoms with Crippen LogP contribution in [0.15, 0.2) is 77.7 Å². The Hall–Kier alpha value is -3.03. The van der Waals surface area contributed by atoms with E-state index in [0.29, 0.717) is 35.9 Å². The van der Waals surface area contributed by atoms with Crippen LogP contribution in [0.25, 0.3) is 0 Å². The Balaban J connectivity index is 1.47. The standard InChI is InChI=1S/C23H22ClN3O3S/c24-19-10-8-17(9-11-19)16-25-23(28)26-20-12-13-22-18(15-20)5-4-14-27(22)31(29,30)21-6-2-1-3-7-21/h1-3,6-13,15H,4-5,14,16H2,(H2,25,26,28). The molecule has 4 rings (SSSR count). The summed E-state index contributed by atoms with van der Waals surface area (Å²) in [4.78, 5) is 12.5. The molecule has 160 valence electrons. The van der Waals surface area contributed by atoms with Crippen molar-refractivity contribution in [2.45, 2.75) is 24.3 Å². The zero-order valence-corrected chi connectivity index (χ0v) is 18.3. The summed E-state index contributed by atoms with van der Waals surface area (Å²) in [6.45, 7) is 0.801. The van der Waals surface area contributed by atoms with Crippen LogP contribution in [0.3, 0.4) is 0 Å². The fraction of sp³-hybridized carbons (Fsp3) is 0.174. The summed E-state index contributed by atoms with van der Waals surface area (Å²) in [7, 11) is -3.63. The van der Waals surface area contributed by atoms with Crippen LogP contribution < -0.4 is 14.9 Å². The molecule has 1 heterocycles. The second kappa shape index (κ2) is 8.99. The van der Waals surface area contributed by atoms with Crippen LogP contribution >= 0.6 is 11.6 Å². The Morgan fingerprint density at radius 1 is 1.00 bits per heavy atom. The van der Waals surface area contributed by atoms with Gasteiger partial charge in [0, 0.05) is 23.8 Å². The minimum Gasteiger partial charge on any atom is -0.334 e. The molecule has 3 aromatic rings. The highest BCUT2D eigenvalue weighted by Gasteiger charge is 2.29. The van der Waals surface area contributed by atoms with E-state index >= 15 is 0 Å². The van der Waals surface area contributed by atoms with Gasteiger partial charge >= 0.3 is 6.03 Å². The zero-order chi connectivity index (χ0) is 21.8. The molecule has 1 aliphatic rings. The molecular formula is C23H22ClN3O3S. The molecule has 0 aromatic heterocycles. The molecule has 6 nitrogen and oxygen atoms in total. The van der Waals surface area contributed by atoms with Crippen molar-refractivity contribution in [2.24, 2.45) is 0 Å². The number of carbonyl (C=O) groups is 1. The highest BCUT2D eigenvalue weighted by Crippen LogP contribution is 2.33. The van der Waals surface area contributed by atoms with Gasteiger partial charge < -0.3 is 10.6 Å². The van der Waals surface area contributed by atoms with Crippen molar-refractivity contribution >= 4 is 39.0 Å². The Labute approximate surface area is 186 Å². The number of anilines is 2. The summed E-state index contributed by atoms with van der Waals surface area (Å²) in [5.41, 5.74) is 3.10. The van der Waals surface area contributed by atoms with Crippen molar-refractivity contribution in [3.63, 3.8) is 0 Å². The number of halogens is 1. The third-order valence-corrected chi connectivity index (χ3v) is 7.19. The Morgan fingerprint density at radius 2 is 1.74 bits per heavy atom. The Kier molecular flexibility index (Phi) is 6.15. The summed E-state index contributed by atoms with van der Waals surface area (Å²) in [5, 5.41) is 6.26. The number of urea groups is 1. The van der Waals surface area contributed by atoms with Crippen LogP contribution in [0.5, 0.6) is 0 Å². The summed E-state index contributed by atoms with van der Waals surface area (Å²) in [6.07, 6.45) is 1.46. The molecule has 2 amide bonds. The first kappa shape index (κ1) is 21.2. The van der Waals surface area contributed by atoms with Gasteiger partial charge in [-0.2, -0.15) is 0 Å². The van der Waals surface area contributed by atoms with Gasteiger partial charge in [-0.25, -0.2) is 13.2 Å². The van der Waals surface area contributed by atoms with Gasteiger partial charge in [-0.15, -0.1) is 0 Å². The lowest BCUT2D eigenvalue weighted by Crippen LogP contribution is -2.35. The third kappa shape index (κ3) is 4.84. The number of nitrogens with zero attached hydrogens (tertiary/aromatic N) is 1. The molecule has 0 bridgehead atoms. The first-order chi connectivity index (χ1) is 14.9. The Morgan fingerprint density at radius 3 is 2.48 bits per heavy atom. The number of benzene rings is 3. The molecule has 31 heavy (non-hydrogen) atoms. The maximum absolute atomic E-state index is 13.1. The molecular weight excluding hydrogens is 434 g/mol. The number of fused-ring (bicyclic) bond motifs is 1. The highest BCUT2D eigenvalue weighted by atomic mass is 35.5. The number of sulfonamides is 1. The van der Waals surface area contributed by atoms with E-state index in [1.54, 1.807) is 54.6 Å². The van der Waals surface area contributed by atoms with E-state index in [0.717, 1.165) is 17.5 Å². The summed E-state index contributed by atoms with van der Waals surface area (Å²) in [6, 6.07) is 20.7. The van der Waals surface area contributed by atoms with E-state index < -0.39 is 10.0 Å². The molecule has 0 radical (unpaired) electrons. The fourth-order valence-corrected chi connectivity index (χ4v) is 5.26. The SMILES string of the molecule is O=C(NCc1ccc(Cl)cc1)Nc1ccc2c(c1)CCCN2S(=O)(=O)c1ccccc1. The molecule has 8 heteroatoms. The van der Waals surface area contributed by atoms with E-state index in [2.05, 4.69) is 10.6 Å². The molecule has 3 aromatic carbocycles. The number of carbonyl (C=O) groups excluding carboxylic acids is 1. The molecule has 0 saturated heterocycles. The van der Waals surface area contributed by atoms with Crippen molar-refractivity contribution in [1.82, 2.24) is 5.32 Å². The summed E-state index contributed by atoms with van der Waals surface area (Å²) < 4.78 is 27.6. The maximum atomic E-state index is 13.1. The van der Waals surface area contributed by atoms with Crippen LogP contribution in [0.4, 0.5) is 16.2 Å². The number of rotatable bonds is 5. The van der Waals surface area contributed by atoms with Gasteiger partial charge in [0.25, 0.3) is 10.0 Å². The van der Waals surface area contributed by atoms with Crippen LogP contribution in [0.2, 0.25) is 5.02 Å². The molecule has 0 unspecified atom stereocenters. The van der Waals surface area contributed by atoms with Crippen LogP contribution in [0.1, 0.15) is 17.5 Å². The lowest BCUT2D eigenvalue weighted by atomic mass is 10.0. The first-order valence-electron chi connectivity index (χ1n) is 9.93. The van der Waals surface area contributed by atoms with Gasteiger partial charge in [0.05, 0.1) is 10.6 Å². The lowest BCUT2D eigenvalue weighted by molar-refractivity contribution is 0.251. The monoisotopic (exact) mass is 455 g/mol. The van der Waals surface area contributed by atoms with Crippen molar-refractivity contribution in [3.8, 4) is 0 Å². The number of hydrogen-bond acceptors (Lipinski definition) is 3. The second-order valence-electron chi connectivity index (χ2n) is 7.27. The topological polar surface area (TPSA) is 78.5 Å². The lowest BCUT2D eigenvalue weighted by Gasteiger charge is -2.30. The second-order valence-corrected chi connectivity index (χ2v) is 9.57. The average Bonchev–Trinajstić information content (AvgIpc) is 2.78. The molecule has 0 saturated carbocycles. The average molecular weight is 456 g/mol. The van der Waals surface area contributed by atoms with Gasteiger partial charge in [0.15, 0.2) is 0 Å². The van der Waals surface area contributed by atoms with E-state index in [-0.39, 0.29) is 10.9 Å².